The summed E-state index contributed by atoms with van der Waals surface area (Å²) in [5, 5.41) is 0.706. The molecule has 1 aliphatic heterocycles. The molecule has 1 aromatic rings. The number of hydrogen-bond donors (Lipinski definition) is 1. The average Bonchev–Trinajstić information content (AvgIpc) is 2.62. The van der Waals surface area contributed by atoms with Crippen LogP contribution in [0.4, 0.5) is 0 Å². The van der Waals surface area contributed by atoms with Gasteiger partial charge >= 0.3 is 0 Å². The molecule has 1 heterocycles. The molecule has 4 heteroatoms. The predicted molar refractivity (Wildman–Crippen MR) is 58.7 cm³/mol. The second kappa shape index (κ2) is 4.10. The van der Waals surface area contributed by atoms with Crippen LogP contribution in [0.3, 0.4) is 0 Å². The Morgan fingerprint density at radius 1 is 1.60 bits per heavy atom. The molecule has 1 fully saturated rings. The number of benzene rings is 1. The molecule has 1 aliphatic rings. The topological polar surface area (TPSA) is 44.5 Å². The molecule has 0 bridgehead atoms. The van der Waals surface area contributed by atoms with Crippen LogP contribution in [0.1, 0.15) is 18.6 Å². The van der Waals surface area contributed by atoms with E-state index in [1.165, 1.54) is 0 Å². The minimum absolute atomic E-state index is 0.0720. The van der Waals surface area contributed by atoms with Gasteiger partial charge in [-0.1, -0.05) is 23.7 Å². The van der Waals surface area contributed by atoms with E-state index in [1.807, 2.05) is 31.2 Å². The molecular weight excluding hydrogens is 214 g/mol. The van der Waals surface area contributed by atoms with Crippen LogP contribution in [-0.4, -0.2) is 18.9 Å². The lowest BCUT2D eigenvalue weighted by Gasteiger charge is -2.20. The van der Waals surface area contributed by atoms with Crippen LogP contribution >= 0.6 is 11.6 Å². The van der Waals surface area contributed by atoms with Crippen molar-refractivity contribution in [2.75, 3.05) is 13.2 Å². The van der Waals surface area contributed by atoms with Crippen molar-refractivity contribution in [1.82, 2.24) is 0 Å². The van der Waals surface area contributed by atoms with Crippen LogP contribution in [0.2, 0.25) is 5.02 Å². The molecule has 0 saturated carbocycles. The molecular formula is C11H14ClNO2. The van der Waals surface area contributed by atoms with Gasteiger partial charge in [-0.15, -0.1) is 0 Å². The summed E-state index contributed by atoms with van der Waals surface area (Å²) in [6.45, 7) is 2.72. The number of ether oxygens (including phenoxy) is 2. The third kappa shape index (κ3) is 2.32. The van der Waals surface area contributed by atoms with E-state index in [4.69, 9.17) is 26.8 Å². The number of halogens is 1. The van der Waals surface area contributed by atoms with Gasteiger partial charge in [-0.05, 0) is 24.6 Å². The average molecular weight is 228 g/mol. The van der Waals surface area contributed by atoms with Crippen LogP contribution in [0, 0.1) is 0 Å². The molecule has 1 saturated heterocycles. The summed E-state index contributed by atoms with van der Waals surface area (Å²) >= 11 is 5.91. The lowest BCUT2D eigenvalue weighted by atomic mass is 10.1. The minimum Gasteiger partial charge on any atom is -0.346 e. The third-order valence-corrected chi connectivity index (χ3v) is 2.76. The van der Waals surface area contributed by atoms with E-state index in [0.717, 1.165) is 5.56 Å². The Balaban J connectivity index is 2.14. The lowest BCUT2D eigenvalue weighted by Crippen LogP contribution is -2.35. The maximum Gasteiger partial charge on any atom is 0.178 e. The standard InChI is InChI=1S/C11H14ClNO2/c1-11(7-13)14-6-10(15-11)8-3-2-4-9(12)5-8/h2-5,10H,6-7,13H2,1H3. The highest BCUT2D eigenvalue weighted by atomic mass is 35.5. The molecule has 2 atom stereocenters. The summed E-state index contributed by atoms with van der Waals surface area (Å²) in [5.41, 5.74) is 6.59. The van der Waals surface area contributed by atoms with Gasteiger partial charge in [0.2, 0.25) is 0 Å². The van der Waals surface area contributed by atoms with Crippen molar-refractivity contribution in [2.45, 2.75) is 18.8 Å². The summed E-state index contributed by atoms with van der Waals surface area (Å²) in [6, 6.07) is 7.60. The monoisotopic (exact) mass is 227 g/mol. The normalized spacial score (nSPS) is 30.7. The van der Waals surface area contributed by atoms with E-state index in [2.05, 4.69) is 0 Å². The van der Waals surface area contributed by atoms with E-state index in [1.54, 1.807) is 0 Å². The Hall–Kier alpha value is -0.610. The maximum absolute atomic E-state index is 5.91. The quantitative estimate of drug-likeness (QED) is 0.842. The minimum atomic E-state index is -0.660. The van der Waals surface area contributed by atoms with Crippen molar-refractivity contribution < 1.29 is 9.47 Å². The fourth-order valence-electron chi connectivity index (χ4n) is 1.60. The highest BCUT2D eigenvalue weighted by molar-refractivity contribution is 6.30. The number of rotatable bonds is 2. The molecule has 15 heavy (non-hydrogen) atoms. The highest BCUT2D eigenvalue weighted by Gasteiger charge is 2.36. The van der Waals surface area contributed by atoms with Crippen LogP contribution in [0.25, 0.3) is 0 Å². The zero-order valence-corrected chi connectivity index (χ0v) is 9.33. The first-order chi connectivity index (χ1) is 7.13. The summed E-state index contributed by atoms with van der Waals surface area (Å²) in [6.07, 6.45) is -0.0720. The first-order valence-electron chi connectivity index (χ1n) is 4.90. The second-order valence-corrected chi connectivity index (χ2v) is 4.25. The zero-order chi connectivity index (χ0) is 10.9. The van der Waals surface area contributed by atoms with Gasteiger partial charge < -0.3 is 15.2 Å². The molecule has 0 aliphatic carbocycles. The van der Waals surface area contributed by atoms with Gasteiger partial charge in [0.15, 0.2) is 5.79 Å². The molecule has 2 rings (SSSR count). The summed E-state index contributed by atoms with van der Waals surface area (Å²) in [7, 11) is 0. The second-order valence-electron chi connectivity index (χ2n) is 3.81. The summed E-state index contributed by atoms with van der Waals surface area (Å²) < 4.78 is 11.2. The third-order valence-electron chi connectivity index (χ3n) is 2.52. The predicted octanol–water partition coefficient (Wildman–Crippen LogP) is 2.10. The van der Waals surface area contributed by atoms with Crippen molar-refractivity contribution in [2.24, 2.45) is 5.73 Å². The zero-order valence-electron chi connectivity index (χ0n) is 8.57. The Morgan fingerprint density at radius 3 is 3.00 bits per heavy atom. The van der Waals surface area contributed by atoms with Crippen LogP contribution < -0.4 is 5.73 Å². The van der Waals surface area contributed by atoms with E-state index in [0.29, 0.717) is 18.2 Å². The van der Waals surface area contributed by atoms with Gasteiger partial charge in [-0.3, -0.25) is 0 Å². The van der Waals surface area contributed by atoms with Crippen molar-refractivity contribution in [1.29, 1.82) is 0 Å². The molecule has 82 valence electrons. The smallest absolute Gasteiger partial charge is 0.178 e. The highest BCUT2D eigenvalue weighted by Crippen LogP contribution is 2.33. The number of nitrogens with two attached hydrogens (primary N) is 1. The molecule has 2 unspecified atom stereocenters. The van der Waals surface area contributed by atoms with E-state index >= 15 is 0 Å². The Kier molecular flexibility index (Phi) is 2.98. The first kappa shape index (κ1) is 10.9. The van der Waals surface area contributed by atoms with E-state index in [9.17, 15) is 0 Å². The van der Waals surface area contributed by atoms with Crippen molar-refractivity contribution >= 4 is 11.6 Å². The van der Waals surface area contributed by atoms with Crippen molar-refractivity contribution in [3.05, 3.63) is 34.9 Å². The van der Waals surface area contributed by atoms with E-state index < -0.39 is 5.79 Å². The van der Waals surface area contributed by atoms with Crippen molar-refractivity contribution in [3.63, 3.8) is 0 Å². The van der Waals surface area contributed by atoms with Gasteiger partial charge in [0.05, 0.1) is 6.61 Å². The fraction of sp³-hybridized carbons (Fsp3) is 0.455. The molecule has 2 N–H and O–H groups in total. The molecule has 0 amide bonds. The molecule has 1 aromatic carbocycles. The summed E-state index contributed by atoms with van der Waals surface area (Å²) in [5.74, 6) is -0.660. The van der Waals surface area contributed by atoms with Gasteiger partial charge in [-0.25, -0.2) is 0 Å². The fourth-order valence-corrected chi connectivity index (χ4v) is 1.80. The van der Waals surface area contributed by atoms with Gasteiger partial charge in [-0.2, -0.15) is 0 Å². The largest absolute Gasteiger partial charge is 0.346 e. The summed E-state index contributed by atoms with van der Waals surface area (Å²) in [4.78, 5) is 0. The number of hydrogen-bond acceptors (Lipinski definition) is 3. The first-order valence-corrected chi connectivity index (χ1v) is 5.28. The van der Waals surface area contributed by atoms with Gasteiger partial charge in [0.25, 0.3) is 0 Å². The maximum atomic E-state index is 5.91. The van der Waals surface area contributed by atoms with Crippen LogP contribution in [0.5, 0.6) is 0 Å². The molecule has 0 spiro atoms. The Morgan fingerprint density at radius 2 is 2.40 bits per heavy atom. The van der Waals surface area contributed by atoms with Crippen LogP contribution in [0.15, 0.2) is 24.3 Å². The Labute approximate surface area is 94.1 Å². The molecule has 0 aromatic heterocycles. The molecule has 0 radical (unpaired) electrons. The molecule has 3 nitrogen and oxygen atoms in total. The SMILES string of the molecule is CC1(CN)OCC(c2cccc(Cl)c2)O1. The lowest BCUT2D eigenvalue weighted by molar-refractivity contribution is -0.145. The van der Waals surface area contributed by atoms with Gasteiger partial charge in [0, 0.05) is 11.6 Å². The Bertz CT molecular complexity index is 358. The van der Waals surface area contributed by atoms with E-state index in [-0.39, 0.29) is 6.10 Å². The van der Waals surface area contributed by atoms with Crippen molar-refractivity contribution in [3.8, 4) is 0 Å². The van der Waals surface area contributed by atoms with Crippen LogP contribution in [-0.2, 0) is 9.47 Å². The van der Waals surface area contributed by atoms with Gasteiger partial charge in [0.1, 0.15) is 6.10 Å².